The summed E-state index contributed by atoms with van der Waals surface area (Å²) in [7, 11) is 0. The molecule has 2 rings (SSSR count). The third kappa shape index (κ3) is 2.88. The highest BCUT2D eigenvalue weighted by Crippen LogP contribution is 2.20. The van der Waals surface area contributed by atoms with Gasteiger partial charge in [-0.05, 0) is 24.6 Å². The van der Waals surface area contributed by atoms with Gasteiger partial charge < -0.3 is 14.4 Å². The molecule has 0 saturated carbocycles. The minimum atomic E-state index is -0.979. The second-order valence-corrected chi connectivity index (χ2v) is 3.95. The summed E-state index contributed by atoms with van der Waals surface area (Å²) in [5.74, 6) is -0.574. The lowest BCUT2D eigenvalue weighted by Crippen LogP contribution is -2.09. The maximum Gasteiger partial charge on any atom is 0.339 e. The molecule has 0 aliphatic carbocycles. The summed E-state index contributed by atoms with van der Waals surface area (Å²) in [5, 5.41) is 9.04. The molecule has 1 aromatic heterocycles. The van der Waals surface area contributed by atoms with Gasteiger partial charge >= 0.3 is 5.97 Å². The van der Waals surface area contributed by atoms with Gasteiger partial charge in [-0.3, -0.25) is 0 Å². The van der Waals surface area contributed by atoms with Crippen LogP contribution in [0.1, 0.15) is 15.9 Å². The number of carbonyl (C=O) groups is 1. The standard InChI is InChI=1S/C13H14N2O3/c1-10-2-3-11(13(16)17)12(8-10)18-7-6-15-5-4-14-9-15/h2-5,8-9H,6-7H2,1H3,(H,16,17). The van der Waals surface area contributed by atoms with Crippen LogP contribution in [-0.2, 0) is 6.54 Å². The average molecular weight is 246 g/mol. The number of hydrogen-bond acceptors (Lipinski definition) is 3. The van der Waals surface area contributed by atoms with E-state index in [1.54, 1.807) is 30.7 Å². The number of rotatable bonds is 5. The zero-order chi connectivity index (χ0) is 13.0. The molecule has 5 nitrogen and oxygen atoms in total. The molecule has 0 radical (unpaired) electrons. The number of benzene rings is 1. The van der Waals surface area contributed by atoms with E-state index in [0.717, 1.165) is 5.56 Å². The second-order valence-electron chi connectivity index (χ2n) is 3.95. The molecule has 0 bridgehead atoms. The first-order chi connectivity index (χ1) is 8.66. The summed E-state index contributed by atoms with van der Waals surface area (Å²) in [6.45, 7) is 2.93. The molecule has 18 heavy (non-hydrogen) atoms. The highest BCUT2D eigenvalue weighted by molar-refractivity contribution is 5.90. The molecule has 1 heterocycles. The first-order valence-electron chi connectivity index (χ1n) is 5.59. The minimum absolute atomic E-state index is 0.186. The van der Waals surface area contributed by atoms with E-state index >= 15 is 0 Å². The van der Waals surface area contributed by atoms with Gasteiger partial charge in [0.05, 0.1) is 12.9 Å². The fourth-order valence-electron chi connectivity index (χ4n) is 1.61. The maximum absolute atomic E-state index is 11.0. The quantitative estimate of drug-likeness (QED) is 0.876. The van der Waals surface area contributed by atoms with Gasteiger partial charge in [0.2, 0.25) is 0 Å². The molecule has 0 amide bonds. The van der Waals surface area contributed by atoms with Crippen molar-refractivity contribution in [3.05, 3.63) is 48.0 Å². The number of aromatic nitrogens is 2. The Kier molecular flexibility index (Phi) is 3.62. The van der Waals surface area contributed by atoms with Gasteiger partial charge in [-0.1, -0.05) is 6.07 Å². The number of carboxylic acids is 1. The van der Waals surface area contributed by atoms with Crippen LogP contribution in [0.4, 0.5) is 0 Å². The zero-order valence-corrected chi connectivity index (χ0v) is 10.0. The van der Waals surface area contributed by atoms with E-state index < -0.39 is 5.97 Å². The van der Waals surface area contributed by atoms with Crippen LogP contribution < -0.4 is 4.74 Å². The number of hydrogen-bond donors (Lipinski definition) is 1. The van der Waals surface area contributed by atoms with E-state index in [1.807, 2.05) is 17.7 Å². The van der Waals surface area contributed by atoms with Crippen LogP contribution in [-0.4, -0.2) is 27.2 Å². The highest BCUT2D eigenvalue weighted by atomic mass is 16.5. The Labute approximate surface area is 105 Å². The zero-order valence-electron chi connectivity index (χ0n) is 10.0. The molecule has 0 atom stereocenters. The largest absolute Gasteiger partial charge is 0.491 e. The van der Waals surface area contributed by atoms with Crippen LogP contribution in [0, 0.1) is 6.92 Å². The number of aryl methyl sites for hydroxylation is 1. The van der Waals surface area contributed by atoms with E-state index in [2.05, 4.69) is 4.98 Å². The van der Waals surface area contributed by atoms with Gasteiger partial charge in [-0.25, -0.2) is 9.78 Å². The molecule has 0 saturated heterocycles. The van der Waals surface area contributed by atoms with Crippen molar-refractivity contribution in [2.45, 2.75) is 13.5 Å². The number of aromatic carboxylic acids is 1. The van der Waals surface area contributed by atoms with Crippen LogP contribution in [0.15, 0.2) is 36.9 Å². The molecule has 94 valence electrons. The molecule has 0 spiro atoms. The topological polar surface area (TPSA) is 64.3 Å². The maximum atomic E-state index is 11.0. The summed E-state index contributed by atoms with van der Waals surface area (Å²) in [6, 6.07) is 5.05. The van der Waals surface area contributed by atoms with Crippen LogP contribution in [0.2, 0.25) is 0 Å². The van der Waals surface area contributed by atoms with Crippen molar-refractivity contribution in [3.8, 4) is 5.75 Å². The molecule has 0 aliphatic heterocycles. The molecular weight excluding hydrogens is 232 g/mol. The Morgan fingerprint density at radius 1 is 1.50 bits per heavy atom. The lowest BCUT2D eigenvalue weighted by molar-refractivity contribution is 0.0692. The molecule has 5 heteroatoms. The summed E-state index contributed by atoms with van der Waals surface area (Å²) >= 11 is 0. The first kappa shape index (κ1) is 12.2. The first-order valence-corrected chi connectivity index (χ1v) is 5.59. The van der Waals surface area contributed by atoms with Crippen molar-refractivity contribution < 1.29 is 14.6 Å². The Balaban J connectivity index is 2.03. The van der Waals surface area contributed by atoms with Crippen LogP contribution in [0.5, 0.6) is 5.75 Å². The number of imidazole rings is 1. The van der Waals surface area contributed by atoms with Crippen LogP contribution in [0.3, 0.4) is 0 Å². The smallest absolute Gasteiger partial charge is 0.339 e. The molecule has 2 aromatic rings. The summed E-state index contributed by atoms with van der Waals surface area (Å²) in [5.41, 5.74) is 1.16. The van der Waals surface area contributed by atoms with Gasteiger partial charge in [-0.2, -0.15) is 0 Å². The van der Waals surface area contributed by atoms with Gasteiger partial charge in [0.25, 0.3) is 0 Å². The number of ether oxygens (including phenoxy) is 1. The summed E-state index contributed by atoms with van der Waals surface area (Å²) in [4.78, 5) is 15.0. The molecule has 1 N–H and O–H groups in total. The van der Waals surface area contributed by atoms with E-state index in [4.69, 9.17) is 9.84 Å². The summed E-state index contributed by atoms with van der Waals surface area (Å²) < 4.78 is 7.39. The fraction of sp³-hybridized carbons (Fsp3) is 0.231. The van der Waals surface area contributed by atoms with Gasteiger partial charge in [0.1, 0.15) is 17.9 Å². The van der Waals surface area contributed by atoms with Crippen molar-refractivity contribution in [1.82, 2.24) is 9.55 Å². The second kappa shape index (κ2) is 5.35. The van der Waals surface area contributed by atoms with Gasteiger partial charge in [0.15, 0.2) is 0 Å². The van der Waals surface area contributed by atoms with Crippen molar-refractivity contribution in [2.75, 3.05) is 6.61 Å². The average Bonchev–Trinajstić information content (AvgIpc) is 2.82. The Morgan fingerprint density at radius 2 is 2.33 bits per heavy atom. The van der Waals surface area contributed by atoms with Crippen molar-refractivity contribution in [1.29, 1.82) is 0 Å². The molecule has 0 unspecified atom stereocenters. The Morgan fingerprint density at radius 3 is 3.00 bits per heavy atom. The third-order valence-electron chi connectivity index (χ3n) is 2.53. The van der Waals surface area contributed by atoms with Crippen LogP contribution >= 0.6 is 0 Å². The molecular formula is C13H14N2O3. The molecule has 0 aliphatic rings. The fourth-order valence-corrected chi connectivity index (χ4v) is 1.61. The molecule has 0 fully saturated rings. The van der Waals surface area contributed by atoms with Crippen molar-refractivity contribution in [2.24, 2.45) is 0 Å². The lowest BCUT2D eigenvalue weighted by Gasteiger charge is -2.10. The van der Waals surface area contributed by atoms with Crippen molar-refractivity contribution in [3.63, 3.8) is 0 Å². The van der Waals surface area contributed by atoms with Crippen LogP contribution in [0.25, 0.3) is 0 Å². The lowest BCUT2D eigenvalue weighted by atomic mass is 10.1. The van der Waals surface area contributed by atoms with E-state index in [1.165, 1.54) is 0 Å². The number of carboxylic acid groups (broad SMARTS) is 1. The minimum Gasteiger partial charge on any atom is -0.491 e. The normalized spacial score (nSPS) is 10.3. The highest BCUT2D eigenvalue weighted by Gasteiger charge is 2.10. The number of nitrogens with zero attached hydrogens (tertiary/aromatic N) is 2. The predicted molar refractivity (Wildman–Crippen MR) is 65.9 cm³/mol. The van der Waals surface area contributed by atoms with E-state index in [9.17, 15) is 4.79 Å². The Bertz CT molecular complexity index is 535. The summed E-state index contributed by atoms with van der Waals surface area (Å²) in [6.07, 6.45) is 5.21. The predicted octanol–water partition coefficient (Wildman–Crippen LogP) is 1.97. The van der Waals surface area contributed by atoms with E-state index in [-0.39, 0.29) is 5.56 Å². The SMILES string of the molecule is Cc1ccc(C(=O)O)c(OCCn2ccnc2)c1. The molecule has 1 aromatic carbocycles. The monoisotopic (exact) mass is 246 g/mol. The van der Waals surface area contributed by atoms with E-state index in [0.29, 0.717) is 18.9 Å². The Hall–Kier alpha value is -2.30. The van der Waals surface area contributed by atoms with Crippen molar-refractivity contribution >= 4 is 5.97 Å². The third-order valence-corrected chi connectivity index (χ3v) is 2.53. The van der Waals surface area contributed by atoms with Gasteiger partial charge in [-0.15, -0.1) is 0 Å². The van der Waals surface area contributed by atoms with Gasteiger partial charge in [0, 0.05) is 12.4 Å².